The fourth-order valence-electron chi connectivity index (χ4n) is 1.16. The van der Waals surface area contributed by atoms with Crippen LogP contribution in [0.2, 0.25) is 0 Å². The normalized spacial score (nSPS) is 10.1. The molecule has 1 N–H and O–H groups in total. The standard InChI is InChI=1S/C11H13N5/c1-8-3-14-11(15-4-8)16-7-10-6-12-9(2)5-13-10/h3-6H,7H2,1-2H3,(H,14,15,16). The van der Waals surface area contributed by atoms with Crippen LogP contribution in [-0.4, -0.2) is 19.9 Å². The van der Waals surface area contributed by atoms with Gasteiger partial charge in [-0.15, -0.1) is 0 Å². The monoisotopic (exact) mass is 215 g/mol. The first kappa shape index (κ1) is 10.5. The molecule has 2 heterocycles. The Bertz CT molecular complexity index is 403. The number of hydrogen-bond acceptors (Lipinski definition) is 5. The molecule has 0 bridgehead atoms. The molecule has 0 fully saturated rings. The zero-order valence-corrected chi connectivity index (χ0v) is 9.31. The Labute approximate surface area is 94.0 Å². The van der Waals surface area contributed by atoms with Crippen molar-refractivity contribution in [1.82, 2.24) is 19.9 Å². The predicted molar refractivity (Wildman–Crippen MR) is 60.9 cm³/mol. The fraction of sp³-hybridized carbons (Fsp3) is 0.273. The summed E-state index contributed by atoms with van der Waals surface area (Å²) >= 11 is 0. The van der Waals surface area contributed by atoms with E-state index in [2.05, 4.69) is 25.3 Å². The molecule has 0 atom stereocenters. The van der Waals surface area contributed by atoms with Crippen molar-refractivity contribution in [3.05, 3.63) is 41.7 Å². The van der Waals surface area contributed by atoms with Gasteiger partial charge in [-0.1, -0.05) is 0 Å². The van der Waals surface area contributed by atoms with E-state index in [1.165, 1.54) is 0 Å². The number of anilines is 1. The van der Waals surface area contributed by atoms with Gasteiger partial charge in [-0.25, -0.2) is 9.97 Å². The summed E-state index contributed by atoms with van der Waals surface area (Å²) < 4.78 is 0. The van der Waals surface area contributed by atoms with Crippen molar-refractivity contribution in [2.24, 2.45) is 0 Å². The maximum atomic E-state index is 4.23. The van der Waals surface area contributed by atoms with Gasteiger partial charge >= 0.3 is 0 Å². The van der Waals surface area contributed by atoms with E-state index in [1.54, 1.807) is 24.8 Å². The smallest absolute Gasteiger partial charge is 0.222 e. The molecular formula is C11H13N5. The molecule has 0 aromatic carbocycles. The second-order valence-corrected chi connectivity index (χ2v) is 3.59. The van der Waals surface area contributed by atoms with Gasteiger partial charge in [0.1, 0.15) is 0 Å². The van der Waals surface area contributed by atoms with E-state index in [0.717, 1.165) is 17.0 Å². The highest BCUT2D eigenvalue weighted by atomic mass is 15.1. The topological polar surface area (TPSA) is 63.6 Å². The van der Waals surface area contributed by atoms with Crippen LogP contribution in [0.15, 0.2) is 24.8 Å². The van der Waals surface area contributed by atoms with Crippen molar-refractivity contribution >= 4 is 5.95 Å². The molecule has 2 aromatic heterocycles. The van der Waals surface area contributed by atoms with E-state index in [9.17, 15) is 0 Å². The summed E-state index contributed by atoms with van der Waals surface area (Å²) in [5.74, 6) is 0.605. The zero-order chi connectivity index (χ0) is 11.4. The fourth-order valence-corrected chi connectivity index (χ4v) is 1.16. The molecule has 0 saturated heterocycles. The molecule has 0 saturated carbocycles. The van der Waals surface area contributed by atoms with Gasteiger partial charge in [0.05, 0.1) is 24.1 Å². The molecule has 2 rings (SSSR count). The Morgan fingerprint density at radius 1 is 0.938 bits per heavy atom. The first-order valence-electron chi connectivity index (χ1n) is 5.04. The van der Waals surface area contributed by atoms with Crippen LogP contribution in [0.25, 0.3) is 0 Å². The van der Waals surface area contributed by atoms with Gasteiger partial charge in [0.15, 0.2) is 0 Å². The molecule has 0 aliphatic rings. The third-order valence-electron chi connectivity index (χ3n) is 2.04. The lowest BCUT2D eigenvalue weighted by molar-refractivity contribution is 0.960. The van der Waals surface area contributed by atoms with E-state index in [0.29, 0.717) is 12.5 Å². The molecule has 0 aliphatic carbocycles. The molecular weight excluding hydrogens is 202 g/mol. The summed E-state index contributed by atoms with van der Waals surface area (Å²) in [7, 11) is 0. The molecule has 0 spiro atoms. The lowest BCUT2D eigenvalue weighted by atomic mass is 10.4. The van der Waals surface area contributed by atoms with Crippen molar-refractivity contribution < 1.29 is 0 Å². The summed E-state index contributed by atoms with van der Waals surface area (Å²) in [6.07, 6.45) is 7.04. The highest BCUT2D eigenvalue weighted by Crippen LogP contribution is 2.01. The molecule has 82 valence electrons. The van der Waals surface area contributed by atoms with Crippen LogP contribution in [0, 0.1) is 13.8 Å². The molecule has 0 aliphatic heterocycles. The van der Waals surface area contributed by atoms with Crippen LogP contribution >= 0.6 is 0 Å². The molecule has 2 aromatic rings. The van der Waals surface area contributed by atoms with Gasteiger partial charge in [0.2, 0.25) is 5.95 Å². The van der Waals surface area contributed by atoms with Crippen LogP contribution < -0.4 is 5.32 Å². The Balaban J connectivity index is 1.97. The van der Waals surface area contributed by atoms with Crippen LogP contribution in [-0.2, 0) is 6.54 Å². The summed E-state index contributed by atoms with van der Waals surface area (Å²) in [4.78, 5) is 16.7. The van der Waals surface area contributed by atoms with Crippen molar-refractivity contribution in [3.63, 3.8) is 0 Å². The number of nitrogens with one attached hydrogen (secondary N) is 1. The number of aryl methyl sites for hydroxylation is 2. The van der Waals surface area contributed by atoms with Crippen molar-refractivity contribution in [1.29, 1.82) is 0 Å². The summed E-state index contributed by atoms with van der Waals surface area (Å²) in [6.45, 7) is 4.44. The minimum Gasteiger partial charge on any atom is -0.349 e. The van der Waals surface area contributed by atoms with Gasteiger partial charge in [0, 0.05) is 18.6 Å². The van der Waals surface area contributed by atoms with E-state index in [1.807, 2.05) is 13.8 Å². The highest BCUT2D eigenvalue weighted by Gasteiger charge is 1.97. The maximum Gasteiger partial charge on any atom is 0.222 e. The Morgan fingerprint density at radius 2 is 1.69 bits per heavy atom. The zero-order valence-electron chi connectivity index (χ0n) is 9.31. The van der Waals surface area contributed by atoms with Crippen molar-refractivity contribution in [3.8, 4) is 0 Å². The van der Waals surface area contributed by atoms with Gasteiger partial charge in [0.25, 0.3) is 0 Å². The SMILES string of the molecule is Cc1cnc(NCc2cnc(C)cn2)nc1. The first-order valence-corrected chi connectivity index (χ1v) is 5.04. The highest BCUT2D eigenvalue weighted by molar-refractivity contribution is 5.25. The lowest BCUT2D eigenvalue weighted by Gasteiger charge is -2.03. The summed E-state index contributed by atoms with van der Waals surface area (Å²) in [5.41, 5.74) is 2.82. The van der Waals surface area contributed by atoms with E-state index < -0.39 is 0 Å². The van der Waals surface area contributed by atoms with Crippen molar-refractivity contribution in [2.45, 2.75) is 20.4 Å². The molecule has 5 nitrogen and oxygen atoms in total. The van der Waals surface area contributed by atoms with Crippen LogP contribution in [0.3, 0.4) is 0 Å². The van der Waals surface area contributed by atoms with Gasteiger partial charge in [-0.2, -0.15) is 0 Å². The number of nitrogens with zero attached hydrogens (tertiary/aromatic N) is 4. The summed E-state index contributed by atoms with van der Waals surface area (Å²) in [5, 5.41) is 3.08. The van der Waals surface area contributed by atoms with Gasteiger partial charge in [-0.05, 0) is 19.4 Å². The van der Waals surface area contributed by atoms with Crippen molar-refractivity contribution in [2.75, 3.05) is 5.32 Å². The largest absolute Gasteiger partial charge is 0.349 e. The Kier molecular flexibility index (Phi) is 3.05. The third kappa shape index (κ3) is 2.73. The van der Waals surface area contributed by atoms with E-state index in [4.69, 9.17) is 0 Å². The Hall–Kier alpha value is -2.04. The third-order valence-corrected chi connectivity index (χ3v) is 2.04. The molecule has 0 unspecified atom stereocenters. The average Bonchev–Trinajstić information content (AvgIpc) is 2.30. The Morgan fingerprint density at radius 3 is 2.31 bits per heavy atom. The lowest BCUT2D eigenvalue weighted by Crippen LogP contribution is -2.05. The van der Waals surface area contributed by atoms with Crippen LogP contribution in [0.1, 0.15) is 17.0 Å². The van der Waals surface area contributed by atoms with Gasteiger partial charge < -0.3 is 5.32 Å². The second-order valence-electron chi connectivity index (χ2n) is 3.59. The summed E-state index contributed by atoms with van der Waals surface area (Å²) in [6, 6.07) is 0. The minimum absolute atomic E-state index is 0.580. The number of aromatic nitrogens is 4. The first-order chi connectivity index (χ1) is 7.74. The molecule has 5 heteroatoms. The molecule has 0 amide bonds. The maximum absolute atomic E-state index is 4.23. The van der Waals surface area contributed by atoms with Gasteiger partial charge in [-0.3, -0.25) is 9.97 Å². The molecule has 0 radical (unpaired) electrons. The average molecular weight is 215 g/mol. The number of rotatable bonds is 3. The number of hydrogen-bond donors (Lipinski definition) is 1. The van der Waals surface area contributed by atoms with E-state index in [-0.39, 0.29) is 0 Å². The quantitative estimate of drug-likeness (QED) is 0.840. The predicted octanol–water partition coefficient (Wildman–Crippen LogP) is 1.50. The van der Waals surface area contributed by atoms with Crippen LogP contribution in [0.4, 0.5) is 5.95 Å². The second kappa shape index (κ2) is 4.65. The van der Waals surface area contributed by atoms with E-state index >= 15 is 0 Å². The molecule has 16 heavy (non-hydrogen) atoms. The minimum atomic E-state index is 0.580. The van der Waals surface area contributed by atoms with Crippen LogP contribution in [0.5, 0.6) is 0 Å².